The number of halogens is 1. The third-order valence-corrected chi connectivity index (χ3v) is 4.28. The molecule has 4 aromatic rings. The summed E-state index contributed by atoms with van der Waals surface area (Å²) in [6.45, 7) is 3.87. The summed E-state index contributed by atoms with van der Waals surface area (Å²) in [7, 11) is 0. The molecule has 0 aliphatic heterocycles. The van der Waals surface area contributed by atoms with Gasteiger partial charge in [-0.15, -0.1) is 10.2 Å². The van der Waals surface area contributed by atoms with E-state index in [0.717, 1.165) is 18.5 Å². The first kappa shape index (κ1) is 18.4. The van der Waals surface area contributed by atoms with Gasteiger partial charge in [-0.05, 0) is 49.4 Å². The van der Waals surface area contributed by atoms with E-state index in [9.17, 15) is 0 Å². The van der Waals surface area contributed by atoms with Crippen molar-refractivity contribution in [1.29, 1.82) is 0 Å². The number of hydrogen-bond acceptors (Lipinski definition) is 8. The first-order chi connectivity index (χ1) is 13.7. The molecule has 4 rings (SSSR count). The lowest BCUT2D eigenvalue weighted by molar-refractivity contribution is 0.201. The molecule has 1 aromatic carbocycles. The van der Waals surface area contributed by atoms with Crippen LogP contribution in [0, 0.1) is 0 Å². The molecule has 0 N–H and O–H groups in total. The second-order valence-electron chi connectivity index (χ2n) is 6.21. The number of rotatable bonds is 8. The maximum atomic E-state index is 5.92. The normalized spacial score (nSPS) is 11.4. The van der Waals surface area contributed by atoms with Crippen LogP contribution >= 0.6 is 11.6 Å². The van der Waals surface area contributed by atoms with Crippen molar-refractivity contribution in [1.82, 2.24) is 25.2 Å². The van der Waals surface area contributed by atoms with Crippen molar-refractivity contribution >= 4 is 11.6 Å². The number of hydrogen-bond donors (Lipinski definition) is 0. The highest BCUT2D eigenvalue weighted by Gasteiger charge is 2.17. The van der Waals surface area contributed by atoms with Crippen LogP contribution in [0.25, 0.3) is 23.0 Å². The van der Waals surface area contributed by atoms with Gasteiger partial charge in [-0.25, -0.2) is 0 Å². The highest BCUT2D eigenvalue weighted by molar-refractivity contribution is 6.30. The van der Waals surface area contributed by atoms with E-state index in [2.05, 4.69) is 32.2 Å². The molecule has 0 aliphatic rings. The topological polar surface area (TPSA) is 94.2 Å². The molecule has 0 bridgehead atoms. The summed E-state index contributed by atoms with van der Waals surface area (Å²) < 4.78 is 16.4. The minimum atomic E-state index is 0.360. The molecule has 3 aromatic heterocycles. The molecule has 0 aliphatic carbocycles. The Hall–Kier alpha value is -2.97. The molecule has 0 saturated heterocycles. The molecule has 0 spiro atoms. The summed E-state index contributed by atoms with van der Waals surface area (Å²) in [5, 5.41) is 12.8. The van der Waals surface area contributed by atoms with Gasteiger partial charge in [-0.1, -0.05) is 23.7 Å². The predicted molar refractivity (Wildman–Crippen MR) is 101 cm³/mol. The Kier molecular flexibility index (Phi) is 5.50. The second kappa shape index (κ2) is 8.37. The Labute approximate surface area is 166 Å². The van der Waals surface area contributed by atoms with Crippen molar-refractivity contribution in [3.05, 3.63) is 59.5 Å². The van der Waals surface area contributed by atoms with Gasteiger partial charge in [0.25, 0.3) is 5.89 Å². The standard InChI is InChI=1S/C19H18ClN5O3/c1-2-9-25(12-17-22-23-19(27-17)15-4-3-10-26-15)11-16-21-18(24-28-16)13-5-7-14(20)8-6-13/h3-8,10H,2,9,11-12H2,1H3. The lowest BCUT2D eigenvalue weighted by Crippen LogP contribution is -2.24. The Morgan fingerprint density at radius 2 is 1.86 bits per heavy atom. The fraction of sp³-hybridized carbons (Fsp3) is 0.263. The Bertz CT molecular complexity index is 1010. The minimum absolute atomic E-state index is 0.360. The molecule has 0 radical (unpaired) electrons. The van der Waals surface area contributed by atoms with Crippen LogP contribution in [0.15, 0.2) is 56.0 Å². The molecular weight excluding hydrogens is 382 g/mol. The molecule has 8 nitrogen and oxygen atoms in total. The summed E-state index contributed by atoms with van der Waals surface area (Å²) in [6, 6.07) is 10.9. The largest absolute Gasteiger partial charge is 0.459 e. The number of benzene rings is 1. The Morgan fingerprint density at radius 1 is 1.04 bits per heavy atom. The predicted octanol–water partition coefficient (Wildman–Crippen LogP) is 4.45. The fourth-order valence-electron chi connectivity index (χ4n) is 2.77. The van der Waals surface area contributed by atoms with Crippen LogP contribution in [0.1, 0.15) is 25.1 Å². The van der Waals surface area contributed by atoms with E-state index in [1.54, 1.807) is 30.5 Å². The summed E-state index contributed by atoms with van der Waals surface area (Å²) in [5.74, 6) is 2.45. The maximum Gasteiger partial charge on any atom is 0.283 e. The van der Waals surface area contributed by atoms with E-state index in [1.165, 1.54) is 0 Å². The van der Waals surface area contributed by atoms with E-state index in [0.29, 0.717) is 47.4 Å². The average molecular weight is 400 g/mol. The van der Waals surface area contributed by atoms with Gasteiger partial charge in [0.15, 0.2) is 5.76 Å². The highest BCUT2D eigenvalue weighted by Crippen LogP contribution is 2.21. The summed E-state index contributed by atoms with van der Waals surface area (Å²) in [5.41, 5.74) is 0.849. The van der Waals surface area contributed by atoms with Gasteiger partial charge < -0.3 is 13.4 Å². The SMILES string of the molecule is CCCN(Cc1nc(-c2ccc(Cl)cc2)no1)Cc1nnc(-c2ccco2)o1. The highest BCUT2D eigenvalue weighted by atomic mass is 35.5. The van der Waals surface area contributed by atoms with E-state index in [-0.39, 0.29) is 0 Å². The first-order valence-electron chi connectivity index (χ1n) is 8.88. The zero-order valence-corrected chi connectivity index (χ0v) is 16.0. The zero-order chi connectivity index (χ0) is 19.3. The van der Waals surface area contributed by atoms with E-state index < -0.39 is 0 Å². The molecule has 0 fully saturated rings. The third kappa shape index (κ3) is 4.29. The monoisotopic (exact) mass is 399 g/mol. The van der Waals surface area contributed by atoms with Crippen LogP contribution in [0.4, 0.5) is 0 Å². The number of furan rings is 1. The average Bonchev–Trinajstić information content (AvgIpc) is 3.44. The van der Waals surface area contributed by atoms with Gasteiger partial charge in [-0.3, -0.25) is 4.90 Å². The van der Waals surface area contributed by atoms with Gasteiger partial charge in [-0.2, -0.15) is 4.98 Å². The lowest BCUT2D eigenvalue weighted by atomic mass is 10.2. The van der Waals surface area contributed by atoms with Crippen LogP contribution in [0.2, 0.25) is 5.02 Å². The van der Waals surface area contributed by atoms with Gasteiger partial charge in [0.1, 0.15) is 0 Å². The van der Waals surface area contributed by atoms with Crippen molar-refractivity contribution in [2.45, 2.75) is 26.4 Å². The van der Waals surface area contributed by atoms with Crippen molar-refractivity contribution in [2.75, 3.05) is 6.54 Å². The molecule has 0 unspecified atom stereocenters. The van der Waals surface area contributed by atoms with Crippen LogP contribution in [-0.4, -0.2) is 31.8 Å². The third-order valence-electron chi connectivity index (χ3n) is 4.03. The second-order valence-corrected chi connectivity index (χ2v) is 6.64. The molecule has 3 heterocycles. The molecular formula is C19H18ClN5O3. The minimum Gasteiger partial charge on any atom is -0.459 e. The van der Waals surface area contributed by atoms with Crippen molar-refractivity contribution in [3.63, 3.8) is 0 Å². The van der Waals surface area contributed by atoms with Crippen molar-refractivity contribution in [2.24, 2.45) is 0 Å². The molecule has 0 saturated carbocycles. The summed E-state index contributed by atoms with van der Waals surface area (Å²) in [4.78, 5) is 6.59. The van der Waals surface area contributed by atoms with E-state index in [4.69, 9.17) is 25.0 Å². The van der Waals surface area contributed by atoms with Crippen LogP contribution < -0.4 is 0 Å². The van der Waals surface area contributed by atoms with Gasteiger partial charge in [0.05, 0.1) is 19.4 Å². The van der Waals surface area contributed by atoms with Crippen LogP contribution in [0.5, 0.6) is 0 Å². The van der Waals surface area contributed by atoms with Crippen molar-refractivity contribution < 1.29 is 13.4 Å². The smallest absolute Gasteiger partial charge is 0.283 e. The number of nitrogens with zero attached hydrogens (tertiary/aromatic N) is 5. The molecule has 28 heavy (non-hydrogen) atoms. The Morgan fingerprint density at radius 3 is 2.61 bits per heavy atom. The van der Waals surface area contributed by atoms with E-state index in [1.807, 2.05) is 12.1 Å². The van der Waals surface area contributed by atoms with Crippen LogP contribution in [-0.2, 0) is 13.1 Å². The Balaban J connectivity index is 1.44. The summed E-state index contributed by atoms with van der Waals surface area (Å²) in [6.07, 6.45) is 2.52. The molecule has 0 atom stereocenters. The quantitative estimate of drug-likeness (QED) is 0.429. The lowest BCUT2D eigenvalue weighted by Gasteiger charge is -2.16. The maximum absolute atomic E-state index is 5.92. The molecule has 144 valence electrons. The summed E-state index contributed by atoms with van der Waals surface area (Å²) >= 11 is 5.92. The van der Waals surface area contributed by atoms with Gasteiger partial charge in [0.2, 0.25) is 17.6 Å². The fourth-order valence-corrected chi connectivity index (χ4v) is 2.89. The van der Waals surface area contributed by atoms with Crippen LogP contribution in [0.3, 0.4) is 0 Å². The van der Waals surface area contributed by atoms with Crippen molar-refractivity contribution in [3.8, 4) is 23.0 Å². The molecule has 9 heteroatoms. The number of aromatic nitrogens is 4. The van der Waals surface area contributed by atoms with Gasteiger partial charge >= 0.3 is 0 Å². The zero-order valence-electron chi connectivity index (χ0n) is 15.2. The molecule has 0 amide bonds. The first-order valence-corrected chi connectivity index (χ1v) is 9.26. The van der Waals surface area contributed by atoms with E-state index >= 15 is 0 Å². The van der Waals surface area contributed by atoms with Gasteiger partial charge in [0, 0.05) is 10.6 Å².